The summed E-state index contributed by atoms with van der Waals surface area (Å²) in [5.74, 6) is -1.12. The van der Waals surface area contributed by atoms with Gasteiger partial charge in [0.05, 0.1) is 6.61 Å². The van der Waals surface area contributed by atoms with Crippen molar-refractivity contribution < 1.29 is 28.5 Å². The lowest BCUT2D eigenvalue weighted by molar-refractivity contribution is -0.190. The zero-order valence-corrected chi connectivity index (χ0v) is 11.4. The number of rotatable bonds is 1. The smallest absolute Gasteiger partial charge is 0.230 e. The molecule has 0 aromatic carbocycles. The second-order valence-corrected chi connectivity index (χ2v) is 6.09. The Morgan fingerprint density at radius 1 is 1.10 bits per heavy atom. The largest absolute Gasteiger partial charge is 0.348 e. The molecule has 4 saturated heterocycles. The molecule has 0 radical (unpaired) electrons. The Balaban J connectivity index is 1.70. The third-order valence-electron chi connectivity index (χ3n) is 4.27. The number of hydrogen-bond acceptors (Lipinski definition) is 6. The highest BCUT2D eigenvalue weighted by molar-refractivity contribution is 6.02. The number of nitrogens with zero attached hydrogens (tertiary/aromatic N) is 1. The predicted octanol–water partition coefficient (Wildman–Crippen LogP) is -0.221. The Kier molecular flexibility index (Phi) is 2.54. The summed E-state index contributed by atoms with van der Waals surface area (Å²) in [5, 5.41) is 0. The SMILES string of the molecule is CC1(C)O[C@@H]2[C@H](O1)[C@@H](N1C(=O)CCC1=O)[C@@H]1OC[C@H]2O1. The van der Waals surface area contributed by atoms with Gasteiger partial charge < -0.3 is 18.9 Å². The van der Waals surface area contributed by atoms with E-state index < -0.39 is 18.1 Å². The van der Waals surface area contributed by atoms with E-state index >= 15 is 0 Å². The molecule has 110 valence electrons. The fourth-order valence-corrected chi connectivity index (χ4v) is 3.51. The first-order chi connectivity index (χ1) is 9.46. The van der Waals surface area contributed by atoms with Crippen molar-refractivity contribution in [2.45, 2.75) is 63.1 Å². The average molecular weight is 283 g/mol. The van der Waals surface area contributed by atoms with E-state index in [9.17, 15) is 9.59 Å². The number of ether oxygens (including phenoxy) is 4. The molecule has 0 aromatic heterocycles. The molecular weight excluding hydrogens is 266 g/mol. The Bertz CT molecular complexity index is 461. The van der Waals surface area contributed by atoms with Crippen molar-refractivity contribution in [1.82, 2.24) is 4.90 Å². The highest BCUT2D eigenvalue weighted by Crippen LogP contribution is 2.43. The van der Waals surface area contributed by atoms with Gasteiger partial charge in [0.25, 0.3) is 0 Å². The molecule has 4 heterocycles. The fraction of sp³-hybridized carbons (Fsp3) is 0.846. The first-order valence-electron chi connectivity index (χ1n) is 6.94. The van der Waals surface area contributed by atoms with Gasteiger partial charge in [0.1, 0.15) is 24.4 Å². The van der Waals surface area contributed by atoms with Gasteiger partial charge in [-0.15, -0.1) is 0 Å². The van der Waals surface area contributed by atoms with Gasteiger partial charge in [-0.3, -0.25) is 14.5 Å². The Labute approximate surface area is 116 Å². The number of hydrogen-bond donors (Lipinski definition) is 0. The summed E-state index contributed by atoms with van der Waals surface area (Å²) >= 11 is 0. The highest BCUT2D eigenvalue weighted by atomic mass is 16.8. The van der Waals surface area contributed by atoms with Crippen LogP contribution in [0.5, 0.6) is 0 Å². The molecule has 20 heavy (non-hydrogen) atoms. The van der Waals surface area contributed by atoms with Crippen LogP contribution in [0.15, 0.2) is 0 Å². The topological polar surface area (TPSA) is 74.3 Å². The van der Waals surface area contributed by atoms with Gasteiger partial charge >= 0.3 is 0 Å². The van der Waals surface area contributed by atoms with Crippen LogP contribution in [0.1, 0.15) is 26.7 Å². The maximum Gasteiger partial charge on any atom is 0.230 e. The molecule has 2 bridgehead atoms. The minimum absolute atomic E-state index is 0.190. The molecule has 0 spiro atoms. The van der Waals surface area contributed by atoms with Crippen molar-refractivity contribution in [3.63, 3.8) is 0 Å². The number of likely N-dealkylation sites (tertiary alicyclic amines) is 1. The minimum Gasteiger partial charge on any atom is -0.348 e. The molecule has 0 aromatic rings. The molecule has 7 heteroatoms. The number of fused-ring (bicyclic) bond motifs is 4. The summed E-state index contributed by atoms with van der Waals surface area (Å²) in [5.41, 5.74) is 0. The van der Waals surface area contributed by atoms with Gasteiger partial charge in [0.15, 0.2) is 12.1 Å². The highest BCUT2D eigenvalue weighted by Gasteiger charge is 2.61. The number of imide groups is 1. The summed E-state index contributed by atoms with van der Waals surface area (Å²) in [6.07, 6.45) is -1.02. The molecule has 4 aliphatic heterocycles. The lowest BCUT2D eigenvalue weighted by Crippen LogP contribution is -2.60. The van der Waals surface area contributed by atoms with E-state index in [-0.39, 0.29) is 43.0 Å². The summed E-state index contributed by atoms with van der Waals surface area (Å²) in [6, 6.07) is -0.553. The minimum atomic E-state index is -0.743. The van der Waals surface area contributed by atoms with Crippen LogP contribution in [0.25, 0.3) is 0 Å². The van der Waals surface area contributed by atoms with Crippen LogP contribution < -0.4 is 0 Å². The predicted molar refractivity (Wildman–Crippen MR) is 63.3 cm³/mol. The zero-order valence-electron chi connectivity index (χ0n) is 11.4. The van der Waals surface area contributed by atoms with Crippen molar-refractivity contribution in [2.75, 3.05) is 6.61 Å². The van der Waals surface area contributed by atoms with Crippen LogP contribution in [-0.2, 0) is 28.5 Å². The Morgan fingerprint density at radius 2 is 1.75 bits per heavy atom. The first kappa shape index (κ1) is 12.7. The van der Waals surface area contributed by atoms with Gasteiger partial charge in [0, 0.05) is 12.8 Å². The molecule has 0 unspecified atom stereocenters. The van der Waals surface area contributed by atoms with Crippen molar-refractivity contribution in [3.05, 3.63) is 0 Å². The molecule has 0 aliphatic carbocycles. The first-order valence-corrected chi connectivity index (χ1v) is 6.94. The van der Waals surface area contributed by atoms with Gasteiger partial charge in [-0.25, -0.2) is 0 Å². The molecule has 4 rings (SSSR count). The molecule has 0 saturated carbocycles. The number of carbonyl (C=O) groups excluding carboxylic acids is 2. The normalized spacial score (nSPS) is 46.1. The van der Waals surface area contributed by atoms with Crippen molar-refractivity contribution in [1.29, 1.82) is 0 Å². The Morgan fingerprint density at radius 3 is 2.45 bits per heavy atom. The summed E-state index contributed by atoms with van der Waals surface area (Å²) in [4.78, 5) is 25.3. The summed E-state index contributed by atoms with van der Waals surface area (Å²) in [7, 11) is 0. The van der Waals surface area contributed by atoms with Crippen LogP contribution in [0.2, 0.25) is 0 Å². The average Bonchev–Trinajstić information content (AvgIpc) is 3.01. The van der Waals surface area contributed by atoms with E-state index in [0.29, 0.717) is 6.61 Å². The van der Waals surface area contributed by atoms with E-state index in [0.717, 1.165) is 0 Å². The monoisotopic (exact) mass is 283 g/mol. The molecule has 5 atom stereocenters. The second kappa shape index (κ2) is 4.00. The molecule has 4 fully saturated rings. The molecule has 7 nitrogen and oxygen atoms in total. The van der Waals surface area contributed by atoms with Gasteiger partial charge in [0.2, 0.25) is 11.8 Å². The molecule has 2 amide bonds. The van der Waals surface area contributed by atoms with Crippen molar-refractivity contribution in [3.8, 4) is 0 Å². The van der Waals surface area contributed by atoms with Crippen LogP contribution in [0.4, 0.5) is 0 Å². The third-order valence-corrected chi connectivity index (χ3v) is 4.27. The zero-order chi connectivity index (χ0) is 14.1. The summed E-state index contributed by atoms with van der Waals surface area (Å²) in [6.45, 7) is 4.05. The van der Waals surface area contributed by atoms with Crippen LogP contribution in [0.3, 0.4) is 0 Å². The van der Waals surface area contributed by atoms with Gasteiger partial charge in [-0.1, -0.05) is 0 Å². The quantitative estimate of drug-likeness (QED) is 0.619. The van der Waals surface area contributed by atoms with E-state index in [1.807, 2.05) is 13.8 Å². The van der Waals surface area contributed by atoms with Crippen molar-refractivity contribution in [2.24, 2.45) is 0 Å². The van der Waals surface area contributed by atoms with Crippen LogP contribution in [0, 0.1) is 0 Å². The number of amides is 2. The van der Waals surface area contributed by atoms with Crippen LogP contribution in [-0.4, -0.2) is 59.8 Å². The lowest BCUT2D eigenvalue weighted by Gasteiger charge is -2.39. The third kappa shape index (κ3) is 1.67. The van der Waals surface area contributed by atoms with E-state index in [1.165, 1.54) is 4.90 Å². The van der Waals surface area contributed by atoms with E-state index in [1.54, 1.807) is 0 Å². The molecule has 0 N–H and O–H groups in total. The standard InChI is InChI=1S/C13H17NO6/c1-13(2)19-10-6-5-17-12(18-6)9(11(10)20-13)14-7(15)3-4-8(14)16/h6,9-12H,3-5H2,1-2H3/t6-,9-,10+,11-,12-/m1/s1. The maximum atomic E-state index is 12.0. The molecule has 4 aliphatic rings. The van der Waals surface area contributed by atoms with Gasteiger partial charge in [-0.05, 0) is 13.8 Å². The van der Waals surface area contributed by atoms with E-state index in [4.69, 9.17) is 18.9 Å². The second-order valence-electron chi connectivity index (χ2n) is 6.09. The number of carbonyl (C=O) groups is 2. The van der Waals surface area contributed by atoms with Crippen molar-refractivity contribution >= 4 is 11.8 Å². The lowest BCUT2D eigenvalue weighted by atomic mass is 9.98. The van der Waals surface area contributed by atoms with E-state index in [2.05, 4.69) is 0 Å². The van der Waals surface area contributed by atoms with Gasteiger partial charge in [-0.2, -0.15) is 0 Å². The summed E-state index contributed by atoms with van der Waals surface area (Å²) < 4.78 is 23.1. The molecular formula is C13H17NO6. The maximum absolute atomic E-state index is 12.0. The fourth-order valence-electron chi connectivity index (χ4n) is 3.51. The Hall–Kier alpha value is -1.02. The van der Waals surface area contributed by atoms with Crippen LogP contribution >= 0.6 is 0 Å².